The Labute approximate surface area is 78.5 Å². The van der Waals surface area contributed by atoms with E-state index in [1.165, 1.54) is 6.07 Å². The van der Waals surface area contributed by atoms with Crippen LogP contribution in [0.25, 0.3) is 0 Å². The van der Waals surface area contributed by atoms with Crippen molar-refractivity contribution in [3.63, 3.8) is 0 Å². The fourth-order valence-electron chi connectivity index (χ4n) is 1.63. The number of alkyl halides is 3. The van der Waals surface area contributed by atoms with Gasteiger partial charge in [-0.1, -0.05) is 6.07 Å². The summed E-state index contributed by atoms with van der Waals surface area (Å²) < 4.78 is 36.8. The molecule has 0 aliphatic carbocycles. The number of halogens is 3. The van der Waals surface area contributed by atoms with Gasteiger partial charge in [0.1, 0.15) is 13.1 Å². The summed E-state index contributed by atoms with van der Waals surface area (Å²) in [4.78, 5) is 0. The van der Waals surface area contributed by atoms with E-state index in [9.17, 15) is 18.4 Å². The zero-order valence-corrected chi connectivity index (χ0v) is 7.19. The van der Waals surface area contributed by atoms with Crippen LogP contribution < -0.4 is 5.06 Å². The SMILES string of the molecule is [O-][NH+]1Cc2ccc(C(F)(F)F)cc2C1. The number of hydrogen-bond acceptors (Lipinski definition) is 1. The van der Waals surface area contributed by atoms with Crippen LogP contribution in [0.1, 0.15) is 16.7 Å². The second-order valence-corrected chi connectivity index (χ2v) is 3.37. The van der Waals surface area contributed by atoms with Crippen molar-refractivity contribution in [2.75, 3.05) is 0 Å². The Hall–Kier alpha value is -1.07. The van der Waals surface area contributed by atoms with Gasteiger partial charge >= 0.3 is 6.18 Å². The molecule has 0 bridgehead atoms. The summed E-state index contributed by atoms with van der Waals surface area (Å²) >= 11 is 0. The fourth-order valence-corrected chi connectivity index (χ4v) is 1.63. The summed E-state index contributed by atoms with van der Waals surface area (Å²) in [6.07, 6.45) is -4.32. The Morgan fingerprint density at radius 2 is 1.79 bits per heavy atom. The molecule has 2 nitrogen and oxygen atoms in total. The molecule has 0 amide bonds. The minimum absolute atomic E-state index is 0.0145. The van der Waals surface area contributed by atoms with E-state index < -0.39 is 11.7 Å². The van der Waals surface area contributed by atoms with Crippen molar-refractivity contribution in [1.82, 2.24) is 0 Å². The van der Waals surface area contributed by atoms with E-state index in [2.05, 4.69) is 0 Å². The van der Waals surface area contributed by atoms with Gasteiger partial charge in [0.15, 0.2) is 0 Å². The van der Waals surface area contributed by atoms with Crippen molar-refractivity contribution in [2.45, 2.75) is 19.3 Å². The Morgan fingerprint density at radius 3 is 2.43 bits per heavy atom. The van der Waals surface area contributed by atoms with Crippen molar-refractivity contribution in [3.8, 4) is 0 Å². The van der Waals surface area contributed by atoms with Gasteiger partial charge in [0.25, 0.3) is 0 Å². The molecule has 1 N–H and O–H groups in total. The minimum atomic E-state index is -4.32. The lowest BCUT2D eigenvalue weighted by atomic mass is 10.1. The van der Waals surface area contributed by atoms with Crippen LogP contribution in [0, 0.1) is 5.21 Å². The summed E-state index contributed by atoms with van der Waals surface area (Å²) in [5.41, 5.74) is 0.568. The molecule has 5 heteroatoms. The maximum atomic E-state index is 12.3. The van der Waals surface area contributed by atoms with E-state index in [0.717, 1.165) is 17.7 Å². The summed E-state index contributed by atoms with van der Waals surface area (Å²) in [5.74, 6) is 0. The van der Waals surface area contributed by atoms with Gasteiger partial charge in [0.2, 0.25) is 0 Å². The maximum Gasteiger partial charge on any atom is 0.416 e. The Balaban J connectivity index is 2.38. The summed E-state index contributed by atoms with van der Waals surface area (Å²) in [6.45, 7) is 0.409. The molecule has 1 heterocycles. The lowest BCUT2D eigenvalue weighted by molar-refractivity contribution is -0.869. The average molecular weight is 203 g/mol. The van der Waals surface area contributed by atoms with Crippen molar-refractivity contribution in [2.24, 2.45) is 0 Å². The molecule has 2 rings (SSSR count). The third-order valence-corrected chi connectivity index (χ3v) is 2.31. The monoisotopic (exact) mass is 203 g/mol. The van der Waals surface area contributed by atoms with E-state index in [1.54, 1.807) is 0 Å². The average Bonchev–Trinajstić information content (AvgIpc) is 2.41. The minimum Gasteiger partial charge on any atom is -0.634 e. The molecule has 0 aromatic heterocycles. The van der Waals surface area contributed by atoms with Crippen molar-refractivity contribution in [3.05, 3.63) is 40.1 Å². The zero-order chi connectivity index (χ0) is 10.3. The number of hydroxylamine groups is 2. The van der Waals surface area contributed by atoms with E-state index in [4.69, 9.17) is 0 Å². The first kappa shape index (κ1) is 9.48. The van der Waals surface area contributed by atoms with Crippen LogP contribution in [-0.4, -0.2) is 0 Å². The molecule has 1 unspecified atom stereocenters. The third kappa shape index (κ3) is 1.60. The number of benzene rings is 1. The van der Waals surface area contributed by atoms with Crippen LogP contribution >= 0.6 is 0 Å². The summed E-state index contributed by atoms with van der Waals surface area (Å²) in [5, 5.41) is 11.0. The normalized spacial score (nSPS) is 21.0. The number of hydrogen-bond donors (Lipinski definition) is 1. The molecule has 0 radical (unpaired) electrons. The first-order valence-corrected chi connectivity index (χ1v) is 4.17. The van der Waals surface area contributed by atoms with E-state index in [-0.39, 0.29) is 18.2 Å². The van der Waals surface area contributed by atoms with E-state index in [1.807, 2.05) is 0 Å². The molecule has 76 valence electrons. The van der Waals surface area contributed by atoms with Gasteiger partial charge in [-0.25, -0.2) is 0 Å². The number of nitrogens with one attached hydrogen (secondary N) is 1. The first-order valence-electron chi connectivity index (χ1n) is 4.17. The Kier molecular flexibility index (Phi) is 2.01. The molecular formula is C9H8F3NO. The van der Waals surface area contributed by atoms with Crippen LogP contribution in [0.4, 0.5) is 13.2 Å². The van der Waals surface area contributed by atoms with Gasteiger partial charge in [0.05, 0.1) is 5.56 Å². The van der Waals surface area contributed by atoms with Gasteiger partial charge in [-0.15, -0.1) is 0 Å². The van der Waals surface area contributed by atoms with Gasteiger partial charge in [-0.2, -0.15) is 13.2 Å². The van der Waals surface area contributed by atoms with Gasteiger partial charge in [-0.3, -0.25) is 0 Å². The standard InChI is InChI=1S/C9H8F3NO/c10-9(11,12)8-2-1-6-4-13(14)5-7(6)3-8/h1-3,13H,4-5H2. The highest BCUT2D eigenvalue weighted by molar-refractivity contribution is 5.33. The predicted molar refractivity (Wildman–Crippen MR) is 43.2 cm³/mol. The molecule has 1 aromatic carbocycles. The molecule has 1 atom stereocenters. The Bertz CT molecular complexity index is 362. The lowest BCUT2D eigenvalue weighted by Gasteiger charge is -2.12. The summed E-state index contributed by atoms with van der Waals surface area (Å²) in [7, 11) is 0. The second-order valence-electron chi connectivity index (χ2n) is 3.37. The van der Waals surface area contributed by atoms with Crippen LogP contribution in [0.3, 0.4) is 0 Å². The van der Waals surface area contributed by atoms with Crippen LogP contribution in [0.15, 0.2) is 18.2 Å². The fraction of sp³-hybridized carbons (Fsp3) is 0.333. The topological polar surface area (TPSA) is 27.5 Å². The quantitative estimate of drug-likeness (QED) is 0.628. The van der Waals surface area contributed by atoms with Crippen molar-refractivity contribution >= 4 is 0 Å². The van der Waals surface area contributed by atoms with Crippen LogP contribution in [-0.2, 0) is 19.3 Å². The predicted octanol–water partition coefficient (Wildman–Crippen LogP) is 1.10. The Morgan fingerprint density at radius 1 is 1.14 bits per heavy atom. The molecule has 1 aliphatic heterocycles. The molecule has 1 aliphatic rings. The number of fused-ring (bicyclic) bond motifs is 1. The zero-order valence-electron chi connectivity index (χ0n) is 7.19. The van der Waals surface area contributed by atoms with Crippen molar-refractivity contribution < 1.29 is 18.2 Å². The van der Waals surface area contributed by atoms with Crippen LogP contribution in [0.2, 0.25) is 0 Å². The smallest absolute Gasteiger partial charge is 0.416 e. The molecule has 14 heavy (non-hydrogen) atoms. The van der Waals surface area contributed by atoms with Gasteiger partial charge in [-0.05, 0) is 12.1 Å². The number of quaternary nitrogens is 1. The van der Waals surface area contributed by atoms with Crippen molar-refractivity contribution in [1.29, 1.82) is 0 Å². The maximum absolute atomic E-state index is 12.3. The number of rotatable bonds is 0. The molecule has 0 saturated heterocycles. The third-order valence-electron chi connectivity index (χ3n) is 2.31. The highest BCUT2D eigenvalue weighted by Gasteiger charge is 2.32. The second kappa shape index (κ2) is 2.96. The molecule has 1 aromatic rings. The molecule has 0 fully saturated rings. The largest absolute Gasteiger partial charge is 0.634 e. The van der Waals surface area contributed by atoms with Gasteiger partial charge < -0.3 is 10.3 Å². The molecule has 0 saturated carbocycles. The van der Waals surface area contributed by atoms with Crippen LogP contribution in [0.5, 0.6) is 0 Å². The molecular weight excluding hydrogens is 195 g/mol. The van der Waals surface area contributed by atoms with Gasteiger partial charge in [0, 0.05) is 11.1 Å². The van der Waals surface area contributed by atoms with E-state index >= 15 is 0 Å². The highest BCUT2D eigenvalue weighted by atomic mass is 19.4. The summed E-state index contributed by atoms with van der Waals surface area (Å²) in [6, 6.07) is 3.49. The van der Waals surface area contributed by atoms with E-state index in [0.29, 0.717) is 5.56 Å². The highest BCUT2D eigenvalue weighted by Crippen LogP contribution is 2.30. The lowest BCUT2D eigenvalue weighted by Crippen LogP contribution is -3.02. The first-order chi connectivity index (χ1) is 6.47. The molecule has 0 spiro atoms.